The number of carbonyl (C=O) groups excluding carboxylic acids is 1. The minimum Gasteiger partial charge on any atom is -0.495 e. The maximum Gasteiger partial charge on any atom is 0.242 e. The first-order valence-corrected chi connectivity index (χ1v) is 7.24. The predicted molar refractivity (Wildman–Crippen MR) is 86.1 cm³/mol. The number of ether oxygens (including phenoxy) is 1. The van der Waals surface area contributed by atoms with Crippen LogP contribution >= 0.6 is 11.6 Å². The molecule has 0 radical (unpaired) electrons. The summed E-state index contributed by atoms with van der Waals surface area (Å²) >= 11 is 5.76. The Morgan fingerprint density at radius 1 is 1.19 bits per heavy atom. The first kappa shape index (κ1) is 15.4. The average molecular weight is 304 g/mol. The zero-order chi connectivity index (χ0) is 15.2. The molecule has 0 saturated heterocycles. The molecular formula is C17H18ClNO2. The molecule has 110 valence electrons. The first-order chi connectivity index (χ1) is 10.2. The third-order valence-corrected chi connectivity index (χ3v) is 3.44. The van der Waals surface area contributed by atoms with E-state index in [9.17, 15) is 4.79 Å². The van der Waals surface area contributed by atoms with Crippen LogP contribution in [0.3, 0.4) is 0 Å². The van der Waals surface area contributed by atoms with Gasteiger partial charge in [0, 0.05) is 0 Å². The van der Waals surface area contributed by atoms with E-state index in [0.29, 0.717) is 12.3 Å². The zero-order valence-corrected chi connectivity index (χ0v) is 12.9. The van der Waals surface area contributed by atoms with Crippen LogP contribution in [0.5, 0.6) is 5.75 Å². The summed E-state index contributed by atoms with van der Waals surface area (Å²) in [6.07, 6.45) is 0. The summed E-state index contributed by atoms with van der Waals surface area (Å²) in [6, 6.07) is 15.5. The Hall–Kier alpha value is -2.00. The van der Waals surface area contributed by atoms with Crippen molar-refractivity contribution < 1.29 is 9.53 Å². The maximum atomic E-state index is 12.2. The number of anilines is 1. The summed E-state index contributed by atoms with van der Waals surface area (Å²) in [5.41, 5.74) is 2.94. The van der Waals surface area contributed by atoms with Crippen LogP contribution in [0.4, 0.5) is 5.69 Å². The van der Waals surface area contributed by atoms with E-state index in [0.717, 1.165) is 16.8 Å². The van der Waals surface area contributed by atoms with Crippen LogP contribution < -0.4 is 9.64 Å². The van der Waals surface area contributed by atoms with Gasteiger partial charge in [0.2, 0.25) is 5.91 Å². The van der Waals surface area contributed by atoms with Crippen LogP contribution in [0.15, 0.2) is 48.5 Å². The van der Waals surface area contributed by atoms with E-state index in [2.05, 4.69) is 6.07 Å². The number of hydrogen-bond donors (Lipinski definition) is 0. The van der Waals surface area contributed by atoms with Crippen LogP contribution in [0.1, 0.15) is 11.1 Å². The molecule has 0 spiro atoms. The molecule has 0 unspecified atom stereocenters. The van der Waals surface area contributed by atoms with Crippen molar-refractivity contribution in [1.82, 2.24) is 0 Å². The Morgan fingerprint density at radius 2 is 1.95 bits per heavy atom. The van der Waals surface area contributed by atoms with Gasteiger partial charge in [0.05, 0.1) is 19.3 Å². The number of halogens is 1. The zero-order valence-electron chi connectivity index (χ0n) is 12.2. The lowest BCUT2D eigenvalue weighted by Gasteiger charge is -2.24. The minimum atomic E-state index is -0.150. The lowest BCUT2D eigenvalue weighted by atomic mass is 10.1. The number of para-hydroxylation sites is 2. The topological polar surface area (TPSA) is 29.5 Å². The van der Waals surface area contributed by atoms with Crippen molar-refractivity contribution in [2.24, 2.45) is 0 Å². The third kappa shape index (κ3) is 3.76. The van der Waals surface area contributed by atoms with Gasteiger partial charge in [-0.1, -0.05) is 42.0 Å². The fraction of sp³-hybridized carbons (Fsp3) is 0.235. The highest BCUT2D eigenvalue weighted by molar-refractivity contribution is 6.29. The lowest BCUT2D eigenvalue weighted by Crippen LogP contribution is -2.31. The molecule has 21 heavy (non-hydrogen) atoms. The van der Waals surface area contributed by atoms with Gasteiger partial charge in [0.15, 0.2) is 0 Å². The highest BCUT2D eigenvalue weighted by Crippen LogP contribution is 2.29. The molecule has 0 N–H and O–H groups in total. The minimum absolute atomic E-state index is 0.0656. The van der Waals surface area contributed by atoms with Gasteiger partial charge in [-0.3, -0.25) is 4.79 Å². The highest BCUT2D eigenvalue weighted by Gasteiger charge is 2.18. The largest absolute Gasteiger partial charge is 0.495 e. The summed E-state index contributed by atoms with van der Waals surface area (Å²) < 4.78 is 5.35. The molecule has 0 aromatic heterocycles. The molecule has 0 fully saturated rings. The summed E-state index contributed by atoms with van der Waals surface area (Å²) in [6.45, 7) is 2.49. The van der Waals surface area contributed by atoms with Crippen molar-refractivity contribution >= 4 is 23.2 Å². The number of methoxy groups -OCH3 is 1. The second-order valence-corrected chi connectivity index (χ2v) is 5.04. The number of alkyl halides is 1. The Bertz CT molecular complexity index is 628. The Balaban J connectivity index is 2.37. The smallest absolute Gasteiger partial charge is 0.242 e. The van der Waals surface area contributed by atoms with E-state index < -0.39 is 0 Å². The van der Waals surface area contributed by atoms with Crippen LogP contribution in [-0.4, -0.2) is 18.9 Å². The van der Waals surface area contributed by atoms with Gasteiger partial charge in [-0.05, 0) is 24.6 Å². The van der Waals surface area contributed by atoms with Gasteiger partial charge >= 0.3 is 0 Å². The van der Waals surface area contributed by atoms with E-state index in [1.807, 2.05) is 49.4 Å². The number of rotatable bonds is 5. The van der Waals surface area contributed by atoms with Crippen molar-refractivity contribution in [3.05, 3.63) is 59.7 Å². The Morgan fingerprint density at radius 3 is 2.62 bits per heavy atom. The van der Waals surface area contributed by atoms with Crippen molar-refractivity contribution in [1.29, 1.82) is 0 Å². The summed E-state index contributed by atoms with van der Waals surface area (Å²) in [4.78, 5) is 13.9. The molecule has 2 aromatic carbocycles. The summed E-state index contributed by atoms with van der Waals surface area (Å²) in [7, 11) is 1.59. The van der Waals surface area contributed by atoms with Gasteiger partial charge in [-0.2, -0.15) is 0 Å². The lowest BCUT2D eigenvalue weighted by molar-refractivity contribution is -0.116. The van der Waals surface area contributed by atoms with E-state index in [1.165, 1.54) is 0 Å². The number of aryl methyl sites for hydroxylation is 1. The van der Waals surface area contributed by atoms with Gasteiger partial charge < -0.3 is 9.64 Å². The van der Waals surface area contributed by atoms with Crippen LogP contribution in [0, 0.1) is 6.92 Å². The molecule has 0 atom stereocenters. The second-order valence-electron chi connectivity index (χ2n) is 4.77. The second kappa shape index (κ2) is 7.14. The van der Waals surface area contributed by atoms with Gasteiger partial charge in [-0.25, -0.2) is 0 Å². The molecule has 1 amide bonds. The SMILES string of the molecule is COc1ccccc1N(Cc1cccc(C)c1)C(=O)CCl. The Kier molecular flexibility index (Phi) is 5.23. The van der Waals surface area contributed by atoms with E-state index in [1.54, 1.807) is 12.0 Å². The molecule has 2 aromatic rings. The van der Waals surface area contributed by atoms with Crippen LogP contribution in [0.25, 0.3) is 0 Å². The summed E-state index contributed by atoms with van der Waals surface area (Å²) in [5.74, 6) is 0.440. The number of benzene rings is 2. The quantitative estimate of drug-likeness (QED) is 0.787. The molecule has 0 aliphatic rings. The van der Waals surface area contributed by atoms with Crippen LogP contribution in [0.2, 0.25) is 0 Å². The van der Waals surface area contributed by atoms with Crippen molar-refractivity contribution in [3.8, 4) is 5.75 Å². The van der Waals surface area contributed by atoms with E-state index in [-0.39, 0.29) is 11.8 Å². The van der Waals surface area contributed by atoms with Crippen molar-refractivity contribution in [3.63, 3.8) is 0 Å². The van der Waals surface area contributed by atoms with Gasteiger partial charge in [-0.15, -0.1) is 11.6 Å². The standard InChI is InChI=1S/C17H18ClNO2/c1-13-6-5-7-14(10-13)12-19(17(20)11-18)15-8-3-4-9-16(15)21-2/h3-10H,11-12H2,1-2H3. The normalized spacial score (nSPS) is 10.2. The number of nitrogens with zero attached hydrogens (tertiary/aromatic N) is 1. The summed E-state index contributed by atoms with van der Waals surface area (Å²) in [5, 5.41) is 0. The van der Waals surface area contributed by atoms with E-state index in [4.69, 9.17) is 16.3 Å². The maximum absolute atomic E-state index is 12.2. The van der Waals surface area contributed by atoms with Crippen molar-refractivity contribution in [2.75, 3.05) is 17.9 Å². The number of amides is 1. The molecule has 3 nitrogen and oxygen atoms in total. The third-order valence-electron chi connectivity index (χ3n) is 3.21. The van der Waals surface area contributed by atoms with Crippen molar-refractivity contribution in [2.45, 2.75) is 13.5 Å². The molecule has 0 aliphatic carbocycles. The average Bonchev–Trinajstić information content (AvgIpc) is 2.52. The van der Waals surface area contributed by atoms with Crippen LogP contribution in [-0.2, 0) is 11.3 Å². The first-order valence-electron chi connectivity index (χ1n) is 6.70. The van der Waals surface area contributed by atoms with Gasteiger partial charge in [0.25, 0.3) is 0 Å². The predicted octanol–water partition coefficient (Wildman–Crippen LogP) is 3.78. The molecular weight excluding hydrogens is 286 g/mol. The molecule has 2 rings (SSSR count). The number of carbonyl (C=O) groups is 1. The molecule has 4 heteroatoms. The highest BCUT2D eigenvalue weighted by atomic mass is 35.5. The molecule has 0 aliphatic heterocycles. The fourth-order valence-corrected chi connectivity index (χ4v) is 2.37. The number of hydrogen-bond acceptors (Lipinski definition) is 2. The molecule has 0 bridgehead atoms. The molecule has 0 heterocycles. The van der Waals surface area contributed by atoms with E-state index >= 15 is 0 Å². The molecule has 0 saturated carbocycles. The fourth-order valence-electron chi connectivity index (χ4n) is 2.23. The monoisotopic (exact) mass is 303 g/mol. The Labute approximate surface area is 130 Å². The van der Waals surface area contributed by atoms with Gasteiger partial charge in [0.1, 0.15) is 11.6 Å².